The van der Waals surface area contributed by atoms with E-state index < -0.39 is 5.82 Å². The highest BCUT2D eigenvalue weighted by Gasteiger charge is 2.26. The Morgan fingerprint density at radius 2 is 1.94 bits per heavy atom. The second-order valence-electron chi connectivity index (χ2n) is 7.62. The molecule has 0 unspecified atom stereocenters. The summed E-state index contributed by atoms with van der Waals surface area (Å²) in [6, 6.07) is 6.20. The zero-order valence-corrected chi connectivity index (χ0v) is 19.4. The van der Waals surface area contributed by atoms with Gasteiger partial charge in [-0.15, -0.1) is 11.8 Å². The molecule has 32 heavy (non-hydrogen) atoms. The molecule has 2 amide bonds. The van der Waals surface area contributed by atoms with E-state index in [2.05, 4.69) is 9.97 Å². The predicted molar refractivity (Wildman–Crippen MR) is 120 cm³/mol. The first-order chi connectivity index (χ1) is 15.3. The number of nitrogens with zero attached hydrogens (tertiary/aromatic N) is 4. The molecule has 0 N–H and O–H groups in total. The van der Waals surface area contributed by atoms with Crippen LogP contribution in [0.5, 0.6) is 5.88 Å². The molecule has 8 nitrogen and oxygen atoms in total. The standard InChI is InChI=1S/C22H27FN4O4S/c1-14(2)30-22(29)26-9-7-16(8-10-26)31-21-12-20(24-13-25-21)27(15(3)28)19-6-5-17(32-4)11-18(19)23/h5-6,11-14,16H,7-10H2,1-4H3. The van der Waals surface area contributed by atoms with Crippen LogP contribution in [0.25, 0.3) is 0 Å². The molecule has 0 saturated carbocycles. The summed E-state index contributed by atoms with van der Waals surface area (Å²) in [6.45, 7) is 6.00. The molecule has 172 valence electrons. The maximum atomic E-state index is 14.7. The minimum atomic E-state index is -0.520. The molecule has 0 radical (unpaired) electrons. The molecular formula is C22H27FN4O4S. The highest BCUT2D eigenvalue weighted by atomic mass is 32.2. The van der Waals surface area contributed by atoms with E-state index in [4.69, 9.17) is 9.47 Å². The lowest BCUT2D eigenvalue weighted by Gasteiger charge is -2.31. The lowest BCUT2D eigenvalue weighted by Crippen LogP contribution is -2.42. The lowest BCUT2D eigenvalue weighted by atomic mass is 10.1. The van der Waals surface area contributed by atoms with Gasteiger partial charge in [-0.25, -0.2) is 19.2 Å². The Morgan fingerprint density at radius 1 is 1.22 bits per heavy atom. The minimum Gasteiger partial charge on any atom is -0.474 e. The van der Waals surface area contributed by atoms with Crippen LogP contribution in [0.2, 0.25) is 0 Å². The summed E-state index contributed by atoms with van der Waals surface area (Å²) < 4.78 is 25.9. The third-order valence-corrected chi connectivity index (χ3v) is 5.62. The van der Waals surface area contributed by atoms with Crippen LogP contribution in [-0.4, -0.2) is 58.4 Å². The topological polar surface area (TPSA) is 84.9 Å². The van der Waals surface area contributed by atoms with E-state index in [9.17, 15) is 14.0 Å². The third kappa shape index (κ3) is 5.87. The SMILES string of the molecule is CSc1ccc(N(C(C)=O)c2cc(OC3CCN(C(=O)OC(C)C)CC3)ncn2)c(F)c1. The molecule has 2 heterocycles. The van der Waals surface area contributed by atoms with Crippen molar-refractivity contribution in [2.45, 2.75) is 50.7 Å². The number of likely N-dealkylation sites (tertiary alicyclic amines) is 1. The van der Waals surface area contributed by atoms with E-state index in [1.54, 1.807) is 17.0 Å². The first-order valence-corrected chi connectivity index (χ1v) is 11.6. The molecule has 1 fully saturated rings. The maximum absolute atomic E-state index is 14.7. The second kappa shape index (κ2) is 10.6. The Labute approximate surface area is 191 Å². The van der Waals surface area contributed by atoms with E-state index in [0.29, 0.717) is 25.9 Å². The van der Waals surface area contributed by atoms with E-state index in [1.807, 2.05) is 20.1 Å². The number of amides is 2. The van der Waals surface area contributed by atoms with E-state index >= 15 is 0 Å². The van der Waals surface area contributed by atoms with Crippen LogP contribution < -0.4 is 9.64 Å². The highest BCUT2D eigenvalue weighted by Crippen LogP contribution is 2.31. The number of ether oxygens (including phenoxy) is 2. The number of rotatable bonds is 6. The summed E-state index contributed by atoms with van der Waals surface area (Å²) in [5.41, 5.74) is 0.108. The van der Waals surface area contributed by atoms with Crippen molar-refractivity contribution >= 4 is 35.3 Å². The van der Waals surface area contributed by atoms with Gasteiger partial charge in [0.25, 0.3) is 0 Å². The van der Waals surface area contributed by atoms with E-state index in [1.165, 1.54) is 42.0 Å². The van der Waals surface area contributed by atoms with E-state index in [0.717, 1.165) is 4.90 Å². The molecule has 1 aliphatic heterocycles. The van der Waals surface area contributed by atoms with Gasteiger partial charge in [-0.3, -0.25) is 9.69 Å². The summed E-state index contributed by atoms with van der Waals surface area (Å²) >= 11 is 1.41. The third-order valence-electron chi connectivity index (χ3n) is 4.89. The average Bonchev–Trinajstić information content (AvgIpc) is 2.75. The Kier molecular flexibility index (Phi) is 7.89. The van der Waals surface area contributed by atoms with Crippen LogP contribution >= 0.6 is 11.8 Å². The first kappa shape index (κ1) is 23.8. The number of hydrogen-bond donors (Lipinski definition) is 0. The van der Waals surface area contributed by atoms with Crippen molar-refractivity contribution in [3.8, 4) is 5.88 Å². The molecule has 0 atom stereocenters. The van der Waals surface area contributed by atoms with Crippen molar-refractivity contribution < 1.29 is 23.5 Å². The molecule has 1 aromatic carbocycles. The van der Waals surface area contributed by atoms with Gasteiger partial charge in [0, 0.05) is 43.8 Å². The number of benzene rings is 1. The van der Waals surface area contributed by atoms with Crippen LogP contribution in [0.15, 0.2) is 35.5 Å². The van der Waals surface area contributed by atoms with Gasteiger partial charge in [-0.05, 0) is 38.3 Å². The monoisotopic (exact) mass is 462 g/mol. The van der Waals surface area contributed by atoms with Crippen LogP contribution in [0.1, 0.15) is 33.6 Å². The van der Waals surface area contributed by atoms with Crippen LogP contribution in [0, 0.1) is 5.82 Å². The predicted octanol–water partition coefficient (Wildman–Crippen LogP) is 4.41. The number of halogens is 1. The van der Waals surface area contributed by atoms with Crippen LogP contribution in [-0.2, 0) is 9.53 Å². The summed E-state index contributed by atoms with van der Waals surface area (Å²) in [5.74, 6) is -0.405. The number of thioether (sulfide) groups is 1. The Balaban J connectivity index is 1.71. The van der Waals surface area contributed by atoms with Gasteiger partial charge in [0.05, 0.1) is 11.8 Å². The Bertz CT molecular complexity index is 967. The van der Waals surface area contributed by atoms with Gasteiger partial charge in [0.15, 0.2) is 0 Å². The lowest BCUT2D eigenvalue weighted by molar-refractivity contribution is -0.115. The van der Waals surface area contributed by atoms with Crippen molar-refractivity contribution in [2.75, 3.05) is 24.2 Å². The molecule has 0 bridgehead atoms. The fourth-order valence-electron chi connectivity index (χ4n) is 3.37. The van der Waals surface area contributed by atoms with Crippen LogP contribution in [0.4, 0.5) is 20.7 Å². The van der Waals surface area contributed by atoms with Gasteiger partial charge in [0.1, 0.15) is 24.1 Å². The van der Waals surface area contributed by atoms with E-state index in [-0.39, 0.29) is 41.6 Å². The second-order valence-corrected chi connectivity index (χ2v) is 8.50. The van der Waals surface area contributed by atoms with Crippen molar-refractivity contribution in [3.63, 3.8) is 0 Å². The molecule has 0 aliphatic carbocycles. The molecule has 1 saturated heterocycles. The normalized spacial score (nSPS) is 14.4. The quantitative estimate of drug-likeness (QED) is 0.588. The number of anilines is 2. The molecular weight excluding hydrogens is 435 g/mol. The van der Waals surface area contributed by atoms with Crippen LogP contribution in [0.3, 0.4) is 0 Å². The summed E-state index contributed by atoms with van der Waals surface area (Å²) in [7, 11) is 0. The molecule has 3 rings (SSSR count). The van der Waals surface area contributed by atoms with Gasteiger partial charge < -0.3 is 14.4 Å². The van der Waals surface area contributed by atoms with Gasteiger partial charge in [-0.2, -0.15) is 0 Å². The first-order valence-electron chi connectivity index (χ1n) is 10.4. The zero-order valence-electron chi connectivity index (χ0n) is 18.6. The number of carbonyl (C=O) groups is 2. The molecule has 2 aromatic rings. The molecule has 1 aliphatic rings. The summed E-state index contributed by atoms with van der Waals surface area (Å²) in [5, 5.41) is 0. The Hall–Kier alpha value is -2.88. The van der Waals surface area contributed by atoms with Gasteiger partial charge in [-0.1, -0.05) is 0 Å². The largest absolute Gasteiger partial charge is 0.474 e. The van der Waals surface area contributed by atoms with Crippen molar-refractivity contribution in [1.29, 1.82) is 0 Å². The van der Waals surface area contributed by atoms with Crippen molar-refractivity contribution in [2.24, 2.45) is 0 Å². The fraction of sp³-hybridized carbons (Fsp3) is 0.455. The number of hydrogen-bond acceptors (Lipinski definition) is 7. The zero-order chi connectivity index (χ0) is 23.3. The van der Waals surface area contributed by atoms with Crippen molar-refractivity contribution in [3.05, 3.63) is 36.4 Å². The average molecular weight is 463 g/mol. The molecule has 1 aromatic heterocycles. The smallest absolute Gasteiger partial charge is 0.410 e. The van der Waals surface area contributed by atoms with Gasteiger partial charge in [0.2, 0.25) is 11.8 Å². The number of piperidine rings is 1. The summed E-state index contributed by atoms with van der Waals surface area (Å²) in [6.07, 6.45) is 3.73. The highest BCUT2D eigenvalue weighted by molar-refractivity contribution is 7.98. The molecule has 0 spiro atoms. The van der Waals surface area contributed by atoms with Gasteiger partial charge >= 0.3 is 6.09 Å². The maximum Gasteiger partial charge on any atom is 0.410 e. The fourth-order valence-corrected chi connectivity index (χ4v) is 3.80. The summed E-state index contributed by atoms with van der Waals surface area (Å²) in [4.78, 5) is 36.3. The number of aromatic nitrogens is 2. The Morgan fingerprint density at radius 3 is 2.53 bits per heavy atom. The minimum absolute atomic E-state index is 0.108. The van der Waals surface area contributed by atoms with Crippen molar-refractivity contribution in [1.82, 2.24) is 14.9 Å². The number of carbonyl (C=O) groups excluding carboxylic acids is 2. The molecule has 10 heteroatoms.